The van der Waals surface area contributed by atoms with E-state index >= 15 is 0 Å². The van der Waals surface area contributed by atoms with Crippen LogP contribution in [0, 0.1) is 0 Å². The van der Waals surface area contributed by atoms with Gasteiger partial charge in [0, 0.05) is 44.5 Å². The zero-order valence-electron chi connectivity index (χ0n) is 18.9. The number of rotatable bonds is 8. The first-order valence-electron chi connectivity index (χ1n) is 11.0. The molecule has 0 spiro atoms. The van der Waals surface area contributed by atoms with Crippen LogP contribution < -0.4 is 10.6 Å². The summed E-state index contributed by atoms with van der Waals surface area (Å²) < 4.78 is 1.85. The molecule has 30 heavy (non-hydrogen) atoms. The van der Waals surface area contributed by atoms with E-state index in [0.29, 0.717) is 12.6 Å². The van der Waals surface area contributed by atoms with Crippen molar-refractivity contribution in [1.82, 2.24) is 30.2 Å². The van der Waals surface area contributed by atoms with Crippen LogP contribution in [-0.2, 0) is 13.6 Å². The topological polar surface area (TPSA) is 60.7 Å². The molecular weight excluding hydrogens is 374 g/mol. The van der Waals surface area contributed by atoms with Gasteiger partial charge < -0.3 is 15.5 Å². The Morgan fingerprint density at radius 2 is 2.10 bits per heavy atom. The van der Waals surface area contributed by atoms with Gasteiger partial charge in [0.1, 0.15) is 0 Å². The van der Waals surface area contributed by atoms with Gasteiger partial charge >= 0.3 is 0 Å². The number of aliphatic imine (C=N–C) groups is 1. The summed E-state index contributed by atoms with van der Waals surface area (Å²) in [6, 6.07) is 11.4. The van der Waals surface area contributed by atoms with Crippen molar-refractivity contribution in [2.45, 2.75) is 38.4 Å². The van der Waals surface area contributed by atoms with E-state index in [2.05, 4.69) is 83.1 Å². The number of hydrogen-bond acceptors (Lipinski definition) is 4. The predicted octanol–water partition coefficient (Wildman–Crippen LogP) is 2.24. The zero-order valence-corrected chi connectivity index (χ0v) is 18.9. The van der Waals surface area contributed by atoms with Crippen LogP contribution >= 0.6 is 0 Å². The number of piperidine rings is 1. The van der Waals surface area contributed by atoms with Crippen LogP contribution in [0.25, 0.3) is 0 Å². The lowest BCUT2D eigenvalue weighted by Crippen LogP contribution is -2.51. The lowest BCUT2D eigenvalue weighted by Gasteiger charge is -2.34. The third-order valence-electron chi connectivity index (χ3n) is 5.59. The molecule has 2 heterocycles. The number of likely N-dealkylation sites (tertiary alicyclic amines) is 1. The molecule has 2 atom stereocenters. The van der Waals surface area contributed by atoms with Crippen molar-refractivity contribution in [3.63, 3.8) is 0 Å². The van der Waals surface area contributed by atoms with Crippen molar-refractivity contribution in [1.29, 1.82) is 0 Å². The number of guanidine groups is 1. The van der Waals surface area contributed by atoms with Gasteiger partial charge in [0.05, 0.1) is 18.8 Å². The zero-order chi connectivity index (χ0) is 21.3. The fraction of sp³-hybridized carbons (Fsp3) is 0.565. The number of aromatic nitrogens is 2. The van der Waals surface area contributed by atoms with Gasteiger partial charge in [-0.15, -0.1) is 0 Å². The first-order chi connectivity index (χ1) is 14.5. The van der Waals surface area contributed by atoms with E-state index in [9.17, 15) is 0 Å². The number of nitrogens with zero attached hydrogens (tertiary/aromatic N) is 5. The van der Waals surface area contributed by atoms with E-state index in [4.69, 9.17) is 4.99 Å². The van der Waals surface area contributed by atoms with Crippen LogP contribution in [0.4, 0.5) is 0 Å². The van der Waals surface area contributed by atoms with Gasteiger partial charge in [-0.05, 0) is 46.0 Å². The van der Waals surface area contributed by atoms with Gasteiger partial charge in [-0.3, -0.25) is 14.6 Å². The number of hydrogen-bond donors (Lipinski definition) is 2. The molecule has 0 bridgehead atoms. The Morgan fingerprint density at radius 1 is 1.30 bits per heavy atom. The van der Waals surface area contributed by atoms with Crippen LogP contribution in [0.2, 0.25) is 0 Å². The van der Waals surface area contributed by atoms with Crippen LogP contribution in [0.3, 0.4) is 0 Å². The maximum Gasteiger partial charge on any atom is 0.191 e. The Labute approximate surface area is 181 Å². The highest BCUT2D eigenvalue weighted by Gasteiger charge is 2.21. The van der Waals surface area contributed by atoms with Crippen molar-refractivity contribution in [3.05, 3.63) is 53.9 Å². The van der Waals surface area contributed by atoms with Gasteiger partial charge in [0.2, 0.25) is 0 Å². The average molecular weight is 412 g/mol. The Balaban J connectivity index is 1.60. The SMILES string of the molecule is CCNC(=NCC(c1cnn(C)c1)N(C)C)NC1CCCN(Cc2ccccc2)C1. The molecule has 0 saturated carbocycles. The number of nitrogens with one attached hydrogen (secondary N) is 2. The lowest BCUT2D eigenvalue weighted by atomic mass is 10.0. The summed E-state index contributed by atoms with van der Waals surface area (Å²) in [5, 5.41) is 11.4. The lowest BCUT2D eigenvalue weighted by molar-refractivity contribution is 0.192. The first kappa shape index (κ1) is 22.3. The maximum absolute atomic E-state index is 4.92. The molecule has 1 aliphatic heterocycles. The van der Waals surface area contributed by atoms with Gasteiger partial charge in [-0.25, -0.2) is 0 Å². The fourth-order valence-corrected chi connectivity index (χ4v) is 4.03. The molecule has 2 N–H and O–H groups in total. The molecule has 7 nitrogen and oxygen atoms in total. The molecule has 1 saturated heterocycles. The molecule has 1 fully saturated rings. The molecule has 164 valence electrons. The minimum Gasteiger partial charge on any atom is -0.357 e. The summed E-state index contributed by atoms with van der Waals surface area (Å²) in [6.07, 6.45) is 6.39. The standard InChI is InChI=1S/C23H37N7/c1-5-24-23(25-15-22(28(2)3)20-14-26-29(4)17-20)27-21-12-9-13-30(18-21)16-19-10-7-6-8-11-19/h6-8,10-11,14,17,21-22H,5,9,12-13,15-16,18H2,1-4H3,(H2,24,25,27). The van der Waals surface area contributed by atoms with Gasteiger partial charge in [-0.2, -0.15) is 5.10 Å². The minimum absolute atomic E-state index is 0.204. The summed E-state index contributed by atoms with van der Waals surface area (Å²) in [4.78, 5) is 9.66. The Bertz CT molecular complexity index is 784. The van der Waals surface area contributed by atoms with E-state index < -0.39 is 0 Å². The normalized spacial score (nSPS) is 19.1. The maximum atomic E-state index is 4.92. The first-order valence-corrected chi connectivity index (χ1v) is 11.0. The quantitative estimate of drug-likeness (QED) is 0.515. The van der Waals surface area contributed by atoms with Crippen molar-refractivity contribution < 1.29 is 0 Å². The molecule has 0 radical (unpaired) electrons. The second kappa shape index (κ2) is 11.1. The minimum atomic E-state index is 0.204. The number of benzene rings is 1. The molecule has 7 heteroatoms. The van der Waals surface area contributed by atoms with Gasteiger partial charge in [-0.1, -0.05) is 30.3 Å². The Kier molecular flexibility index (Phi) is 8.28. The van der Waals surface area contributed by atoms with E-state index in [1.165, 1.54) is 24.0 Å². The summed E-state index contributed by atoms with van der Waals surface area (Å²) in [5.41, 5.74) is 2.57. The highest BCUT2D eigenvalue weighted by Crippen LogP contribution is 2.18. The number of aryl methyl sites for hydroxylation is 1. The summed E-state index contributed by atoms with van der Waals surface area (Å²) >= 11 is 0. The fourth-order valence-electron chi connectivity index (χ4n) is 4.03. The monoisotopic (exact) mass is 411 g/mol. The molecule has 1 aliphatic rings. The van der Waals surface area contributed by atoms with E-state index in [0.717, 1.165) is 32.1 Å². The van der Waals surface area contributed by atoms with Crippen molar-refractivity contribution in [2.75, 3.05) is 40.3 Å². The molecule has 1 aromatic heterocycles. The second-order valence-corrected chi connectivity index (χ2v) is 8.35. The molecule has 2 aromatic rings. The molecule has 0 amide bonds. The van der Waals surface area contributed by atoms with E-state index in [1.807, 2.05) is 17.9 Å². The van der Waals surface area contributed by atoms with Crippen molar-refractivity contribution >= 4 is 5.96 Å². The van der Waals surface area contributed by atoms with Crippen LogP contribution in [-0.4, -0.2) is 71.9 Å². The predicted molar refractivity (Wildman–Crippen MR) is 123 cm³/mol. The third-order valence-corrected chi connectivity index (χ3v) is 5.59. The highest BCUT2D eigenvalue weighted by molar-refractivity contribution is 5.80. The van der Waals surface area contributed by atoms with Gasteiger partial charge in [0.25, 0.3) is 0 Å². The average Bonchev–Trinajstić information content (AvgIpc) is 3.15. The van der Waals surface area contributed by atoms with E-state index in [-0.39, 0.29) is 6.04 Å². The van der Waals surface area contributed by atoms with Crippen LogP contribution in [0.1, 0.15) is 36.9 Å². The molecular formula is C23H37N7. The Hall–Kier alpha value is -2.38. The molecule has 3 rings (SSSR count). The van der Waals surface area contributed by atoms with Crippen molar-refractivity contribution in [3.8, 4) is 0 Å². The third kappa shape index (κ3) is 6.57. The Morgan fingerprint density at radius 3 is 2.77 bits per heavy atom. The van der Waals surface area contributed by atoms with Gasteiger partial charge in [0.15, 0.2) is 5.96 Å². The van der Waals surface area contributed by atoms with E-state index in [1.54, 1.807) is 0 Å². The summed E-state index contributed by atoms with van der Waals surface area (Å²) in [6.45, 7) is 6.87. The highest BCUT2D eigenvalue weighted by atomic mass is 15.3. The largest absolute Gasteiger partial charge is 0.357 e. The summed E-state index contributed by atoms with van der Waals surface area (Å²) in [7, 11) is 6.14. The van der Waals surface area contributed by atoms with Crippen LogP contribution in [0.15, 0.2) is 47.7 Å². The van der Waals surface area contributed by atoms with Crippen molar-refractivity contribution in [2.24, 2.45) is 12.0 Å². The molecule has 0 aliphatic carbocycles. The molecule has 1 aromatic carbocycles. The smallest absolute Gasteiger partial charge is 0.191 e. The summed E-state index contributed by atoms with van der Waals surface area (Å²) in [5.74, 6) is 0.903. The second-order valence-electron chi connectivity index (χ2n) is 8.35. The number of likely N-dealkylation sites (N-methyl/N-ethyl adjacent to an activating group) is 1. The van der Waals surface area contributed by atoms with Crippen LogP contribution in [0.5, 0.6) is 0 Å². The molecule has 2 unspecified atom stereocenters.